The molecule has 0 radical (unpaired) electrons. The molecule has 0 saturated carbocycles. The topological polar surface area (TPSA) is 49.4 Å². The first-order valence-electron chi connectivity index (χ1n) is 5.98. The lowest BCUT2D eigenvalue weighted by Gasteiger charge is -2.25. The molecule has 96 valence electrons. The third-order valence-electron chi connectivity index (χ3n) is 2.86. The van der Waals surface area contributed by atoms with Gasteiger partial charge in [0.05, 0.1) is 6.54 Å². The van der Waals surface area contributed by atoms with Crippen LogP contribution in [0.25, 0.3) is 0 Å². The summed E-state index contributed by atoms with van der Waals surface area (Å²) >= 11 is 0. The van der Waals surface area contributed by atoms with E-state index in [4.69, 9.17) is 0 Å². The summed E-state index contributed by atoms with van der Waals surface area (Å²) in [6.45, 7) is 0.657. The number of hydrogen-bond acceptors (Lipinski definition) is 2. The highest BCUT2D eigenvalue weighted by molar-refractivity contribution is 5.94. The molecule has 1 N–H and O–H groups in total. The molecule has 5 heteroatoms. The maximum atomic E-state index is 12.9. The van der Waals surface area contributed by atoms with E-state index in [2.05, 4.69) is 5.32 Å². The third-order valence-corrected chi connectivity index (χ3v) is 2.86. The molecule has 0 spiro atoms. The summed E-state index contributed by atoms with van der Waals surface area (Å²) in [5, 5.41) is 2.58. The van der Waals surface area contributed by atoms with Crippen LogP contribution < -0.4 is 5.32 Å². The van der Waals surface area contributed by atoms with Gasteiger partial charge in [-0.25, -0.2) is 4.39 Å². The highest BCUT2D eigenvalue weighted by Crippen LogP contribution is 2.12. The monoisotopic (exact) mass is 250 g/mol. The predicted octanol–water partition coefficient (Wildman–Crippen LogP) is 1.78. The van der Waals surface area contributed by atoms with Crippen LogP contribution in [0.15, 0.2) is 24.3 Å². The van der Waals surface area contributed by atoms with Crippen LogP contribution in [-0.4, -0.2) is 29.8 Å². The zero-order valence-corrected chi connectivity index (χ0v) is 9.99. The molecule has 0 unspecified atom stereocenters. The fraction of sp³-hybridized carbons (Fsp3) is 0.385. The lowest BCUT2D eigenvalue weighted by molar-refractivity contribution is -0.136. The molecule has 18 heavy (non-hydrogen) atoms. The number of hydrogen-bond donors (Lipinski definition) is 1. The Hall–Kier alpha value is -1.91. The Morgan fingerprint density at radius 3 is 2.94 bits per heavy atom. The summed E-state index contributed by atoms with van der Waals surface area (Å²) in [6, 6.07) is 5.69. The van der Waals surface area contributed by atoms with Crippen LogP contribution in [-0.2, 0) is 9.59 Å². The van der Waals surface area contributed by atoms with Crippen molar-refractivity contribution in [2.75, 3.05) is 18.4 Å². The molecule has 1 heterocycles. The second kappa shape index (κ2) is 5.62. The lowest BCUT2D eigenvalue weighted by atomic mass is 10.1. The number of likely N-dealkylation sites (tertiary alicyclic amines) is 1. The van der Waals surface area contributed by atoms with Gasteiger partial charge in [-0.2, -0.15) is 0 Å². The molecule has 0 bridgehead atoms. The van der Waals surface area contributed by atoms with Crippen molar-refractivity contribution < 1.29 is 14.0 Å². The average molecular weight is 250 g/mol. The summed E-state index contributed by atoms with van der Waals surface area (Å²) in [6.07, 6.45) is 2.33. The predicted molar refractivity (Wildman–Crippen MR) is 65.5 cm³/mol. The highest BCUT2D eigenvalue weighted by atomic mass is 19.1. The number of piperidine rings is 1. The molecular formula is C13H15FN2O2. The first-order valence-corrected chi connectivity index (χ1v) is 5.98. The van der Waals surface area contributed by atoms with Gasteiger partial charge in [-0.1, -0.05) is 6.07 Å². The first-order chi connectivity index (χ1) is 8.65. The zero-order chi connectivity index (χ0) is 13.0. The third kappa shape index (κ3) is 3.29. The van der Waals surface area contributed by atoms with Crippen molar-refractivity contribution in [3.8, 4) is 0 Å². The molecule has 1 aliphatic heterocycles. The minimum atomic E-state index is -0.401. The summed E-state index contributed by atoms with van der Waals surface area (Å²) in [5.41, 5.74) is 0.407. The van der Waals surface area contributed by atoms with Crippen LogP contribution in [0.4, 0.5) is 10.1 Å². The molecule has 1 fully saturated rings. The summed E-state index contributed by atoms with van der Waals surface area (Å²) in [4.78, 5) is 24.8. The van der Waals surface area contributed by atoms with E-state index >= 15 is 0 Å². The largest absolute Gasteiger partial charge is 0.333 e. The maximum Gasteiger partial charge on any atom is 0.243 e. The number of rotatable bonds is 3. The fourth-order valence-electron chi connectivity index (χ4n) is 1.97. The second-order valence-electron chi connectivity index (χ2n) is 4.33. The Morgan fingerprint density at radius 2 is 2.22 bits per heavy atom. The molecular weight excluding hydrogens is 235 g/mol. The quantitative estimate of drug-likeness (QED) is 0.889. The molecule has 1 aliphatic rings. The standard InChI is InChI=1S/C13H15FN2O2/c14-10-4-3-5-11(8-10)15-12(17)9-16-7-2-1-6-13(16)18/h3-5,8H,1-2,6-7,9H2,(H,15,17). The second-order valence-corrected chi connectivity index (χ2v) is 4.33. The number of halogens is 1. The van der Waals surface area contributed by atoms with Gasteiger partial charge in [0.25, 0.3) is 0 Å². The minimum absolute atomic E-state index is 0.00985. The molecule has 2 amide bonds. The zero-order valence-electron chi connectivity index (χ0n) is 9.99. The van der Waals surface area contributed by atoms with Crippen LogP contribution >= 0.6 is 0 Å². The Bertz CT molecular complexity index is 462. The van der Waals surface area contributed by atoms with E-state index in [9.17, 15) is 14.0 Å². The number of carbonyl (C=O) groups excluding carboxylic acids is 2. The van der Waals surface area contributed by atoms with Crippen molar-refractivity contribution in [3.63, 3.8) is 0 Å². The van der Waals surface area contributed by atoms with Crippen LogP contribution in [0, 0.1) is 5.82 Å². The van der Waals surface area contributed by atoms with E-state index in [0.717, 1.165) is 12.8 Å². The van der Waals surface area contributed by atoms with E-state index in [1.54, 1.807) is 6.07 Å². The van der Waals surface area contributed by atoms with Crippen molar-refractivity contribution in [2.45, 2.75) is 19.3 Å². The van der Waals surface area contributed by atoms with E-state index in [0.29, 0.717) is 18.7 Å². The number of anilines is 1. The number of carbonyl (C=O) groups is 2. The first kappa shape index (κ1) is 12.5. The van der Waals surface area contributed by atoms with E-state index in [1.807, 2.05) is 0 Å². The highest BCUT2D eigenvalue weighted by Gasteiger charge is 2.20. The van der Waals surface area contributed by atoms with Gasteiger partial charge >= 0.3 is 0 Å². The van der Waals surface area contributed by atoms with Crippen molar-refractivity contribution in [2.24, 2.45) is 0 Å². The summed E-state index contributed by atoms with van der Waals surface area (Å²) < 4.78 is 12.9. The van der Waals surface area contributed by atoms with Gasteiger partial charge in [0.2, 0.25) is 11.8 Å². The van der Waals surface area contributed by atoms with Gasteiger partial charge in [0.15, 0.2) is 0 Å². The molecule has 1 aromatic rings. The number of amides is 2. The van der Waals surface area contributed by atoms with E-state index in [-0.39, 0.29) is 18.4 Å². The van der Waals surface area contributed by atoms with Gasteiger partial charge in [-0.05, 0) is 31.0 Å². The van der Waals surface area contributed by atoms with Gasteiger partial charge in [-0.3, -0.25) is 9.59 Å². The van der Waals surface area contributed by atoms with Gasteiger partial charge in [0, 0.05) is 18.7 Å². The molecule has 0 aliphatic carbocycles. The van der Waals surface area contributed by atoms with Gasteiger partial charge in [0.1, 0.15) is 5.82 Å². The van der Waals surface area contributed by atoms with Gasteiger partial charge < -0.3 is 10.2 Å². The minimum Gasteiger partial charge on any atom is -0.333 e. The summed E-state index contributed by atoms with van der Waals surface area (Å²) in [7, 11) is 0. The Morgan fingerprint density at radius 1 is 1.39 bits per heavy atom. The molecule has 0 aromatic heterocycles. The van der Waals surface area contributed by atoms with Crippen molar-refractivity contribution >= 4 is 17.5 Å². The van der Waals surface area contributed by atoms with Crippen molar-refractivity contribution in [1.82, 2.24) is 4.90 Å². The van der Waals surface area contributed by atoms with Gasteiger partial charge in [-0.15, -0.1) is 0 Å². The fourth-order valence-corrected chi connectivity index (χ4v) is 1.97. The van der Waals surface area contributed by atoms with Crippen molar-refractivity contribution in [3.05, 3.63) is 30.1 Å². The lowest BCUT2D eigenvalue weighted by Crippen LogP contribution is -2.40. The van der Waals surface area contributed by atoms with Crippen LogP contribution in [0.3, 0.4) is 0 Å². The summed E-state index contributed by atoms with van der Waals surface area (Å²) in [5.74, 6) is -0.687. The normalized spacial score (nSPS) is 15.6. The maximum absolute atomic E-state index is 12.9. The van der Waals surface area contributed by atoms with Crippen molar-refractivity contribution in [1.29, 1.82) is 0 Å². The number of benzene rings is 1. The molecule has 1 saturated heterocycles. The SMILES string of the molecule is O=C(CN1CCCCC1=O)Nc1cccc(F)c1. The smallest absolute Gasteiger partial charge is 0.243 e. The van der Waals surface area contributed by atoms with Crippen LogP contribution in [0.2, 0.25) is 0 Å². The Labute approximate surface area is 105 Å². The molecule has 0 atom stereocenters. The number of nitrogens with zero attached hydrogens (tertiary/aromatic N) is 1. The average Bonchev–Trinajstić information content (AvgIpc) is 2.32. The van der Waals surface area contributed by atoms with E-state index < -0.39 is 5.82 Å². The Balaban J connectivity index is 1.90. The number of nitrogens with one attached hydrogen (secondary N) is 1. The van der Waals surface area contributed by atoms with Crippen LogP contribution in [0.5, 0.6) is 0 Å². The molecule has 2 rings (SSSR count). The Kier molecular flexibility index (Phi) is 3.92. The van der Waals surface area contributed by atoms with E-state index in [1.165, 1.54) is 23.1 Å². The molecule has 1 aromatic carbocycles. The molecule has 4 nitrogen and oxygen atoms in total. The van der Waals surface area contributed by atoms with Crippen LogP contribution in [0.1, 0.15) is 19.3 Å².